The number of aromatic nitrogens is 1. The molecule has 8 aromatic rings. The van der Waals surface area contributed by atoms with Crippen molar-refractivity contribution in [3.05, 3.63) is 133 Å². The molecule has 2 heterocycles. The molecule has 1 N–H and O–H groups in total. The number of thiophene rings is 1. The second-order valence-corrected chi connectivity index (χ2v) is 11.0. The number of rotatable bonds is 3. The van der Waals surface area contributed by atoms with Gasteiger partial charge in [-0.25, -0.2) is 0 Å². The van der Waals surface area contributed by atoms with Crippen LogP contribution in [0.2, 0.25) is 0 Å². The van der Waals surface area contributed by atoms with Gasteiger partial charge in [-0.2, -0.15) is 0 Å². The zero-order chi connectivity index (χ0) is 25.1. The van der Waals surface area contributed by atoms with Crippen LogP contribution in [0.4, 0.5) is 0 Å². The van der Waals surface area contributed by atoms with Gasteiger partial charge in [0.2, 0.25) is 0 Å². The van der Waals surface area contributed by atoms with E-state index in [2.05, 4.69) is 138 Å². The number of benzene rings is 6. The predicted octanol–water partition coefficient (Wildman–Crippen LogP) is 10.7. The van der Waals surface area contributed by atoms with Gasteiger partial charge < -0.3 is 4.98 Å². The molecule has 0 atom stereocenters. The van der Waals surface area contributed by atoms with Crippen LogP contribution < -0.4 is 0 Å². The van der Waals surface area contributed by atoms with Gasteiger partial charge in [0.25, 0.3) is 0 Å². The zero-order valence-electron chi connectivity index (χ0n) is 20.6. The topological polar surface area (TPSA) is 15.8 Å². The minimum absolute atomic E-state index is 1.17. The molecule has 0 saturated heterocycles. The Morgan fingerprint density at radius 1 is 0.342 bits per heavy atom. The molecule has 0 spiro atoms. The van der Waals surface area contributed by atoms with Crippen molar-refractivity contribution in [3.8, 4) is 33.4 Å². The zero-order valence-corrected chi connectivity index (χ0v) is 21.4. The molecule has 2 aromatic heterocycles. The lowest BCUT2D eigenvalue weighted by Gasteiger charge is -2.06. The van der Waals surface area contributed by atoms with E-state index in [4.69, 9.17) is 0 Å². The summed E-state index contributed by atoms with van der Waals surface area (Å²) in [6.45, 7) is 0. The highest BCUT2D eigenvalue weighted by Gasteiger charge is 2.11. The predicted molar refractivity (Wildman–Crippen MR) is 165 cm³/mol. The van der Waals surface area contributed by atoms with Crippen molar-refractivity contribution in [2.24, 2.45) is 0 Å². The molecule has 0 amide bonds. The van der Waals surface area contributed by atoms with Crippen molar-refractivity contribution >= 4 is 53.3 Å². The second-order valence-electron chi connectivity index (χ2n) is 9.90. The van der Waals surface area contributed by atoms with Crippen LogP contribution >= 0.6 is 11.3 Å². The van der Waals surface area contributed by atoms with E-state index >= 15 is 0 Å². The summed E-state index contributed by atoms with van der Waals surface area (Å²) in [5.74, 6) is 0. The van der Waals surface area contributed by atoms with E-state index < -0.39 is 0 Å². The van der Waals surface area contributed by atoms with Gasteiger partial charge in [-0.3, -0.25) is 0 Å². The van der Waals surface area contributed by atoms with E-state index in [1.54, 1.807) is 0 Å². The third-order valence-electron chi connectivity index (χ3n) is 7.63. The van der Waals surface area contributed by atoms with E-state index in [9.17, 15) is 0 Å². The second kappa shape index (κ2) is 8.44. The van der Waals surface area contributed by atoms with Crippen LogP contribution in [0.1, 0.15) is 0 Å². The normalized spacial score (nSPS) is 11.7. The van der Waals surface area contributed by atoms with Gasteiger partial charge in [-0.1, -0.05) is 91.0 Å². The van der Waals surface area contributed by atoms with Crippen LogP contribution in [-0.2, 0) is 0 Å². The largest absolute Gasteiger partial charge is 0.355 e. The van der Waals surface area contributed by atoms with Gasteiger partial charge >= 0.3 is 0 Å². The Kier molecular flexibility index (Phi) is 4.76. The van der Waals surface area contributed by atoms with Crippen LogP contribution in [0, 0.1) is 0 Å². The maximum absolute atomic E-state index is 3.62. The molecular formula is C36H23NS. The lowest BCUT2D eigenvalue weighted by molar-refractivity contribution is 1.54. The summed E-state index contributed by atoms with van der Waals surface area (Å²) in [5, 5.41) is 5.19. The van der Waals surface area contributed by atoms with Gasteiger partial charge in [0, 0.05) is 42.0 Å². The Morgan fingerprint density at radius 3 is 1.53 bits per heavy atom. The van der Waals surface area contributed by atoms with Crippen LogP contribution in [0.15, 0.2) is 133 Å². The highest BCUT2D eigenvalue weighted by atomic mass is 32.1. The van der Waals surface area contributed by atoms with E-state index in [1.807, 2.05) is 11.3 Å². The first-order valence-corrected chi connectivity index (χ1v) is 13.7. The molecule has 0 aliphatic rings. The number of aromatic amines is 1. The fraction of sp³-hybridized carbons (Fsp3) is 0. The lowest BCUT2D eigenvalue weighted by Crippen LogP contribution is -1.81. The van der Waals surface area contributed by atoms with Crippen LogP contribution in [0.3, 0.4) is 0 Å². The number of nitrogens with one attached hydrogen (secondary N) is 1. The van der Waals surface area contributed by atoms with Crippen molar-refractivity contribution in [1.82, 2.24) is 4.98 Å². The summed E-state index contributed by atoms with van der Waals surface area (Å²) in [6, 6.07) is 48.5. The Morgan fingerprint density at radius 2 is 0.816 bits per heavy atom. The van der Waals surface area contributed by atoms with Crippen LogP contribution in [-0.4, -0.2) is 4.98 Å². The molecular weight excluding hydrogens is 478 g/mol. The number of hydrogen-bond acceptors (Lipinski definition) is 1. The lowest BCUT2D eigenvalue weighted by atomic mass is 9.98. The summed E-state index contributed by atoms with van der Waals surface area (Å²) >= 11 is 1.87. The molecule has 0 radical (unpaired) electrons. The molecule has 0 bridgehead atoms. The Labute approximate surface area is 224 Å². The maximum atomic E-state index is 3.62. The molecule has 178 valence electrons. The highest BCUT2D eigenvalue weighted by molar-refractivity contribution is 7.25. The summed E-state index contributed by atoms with van der Waals surface area (Å²) < 4.78 is 2.68. The smallest absolute Gasteiger partial charge is 0.0465 e. The third-order valence-corrected chi connectivity index (χ3v) is 8.79. The number of H-pyrrole nitrogens is 1. The van der Waals surface area contributed by atoms with Crippen molar-refractivity contribution in [1.29, 1.82) is 0 Å². The third kappa shape index (κ3) is 3.46. The van der Waals surface area contributed by atoms with Crippen molar-refractivity contribution in [3.63, 3.8) is 0 Å². The molecule has 0 aliphatic heterocycles. The fourth-order valence-corrected chi connectivity index (χ4v) is 6.73. The fourth-order valence-electron chi connectivity index (χ4n) is 5.65. The first kappa shape index (κ1) is 21.4. The average Bonchev–Trinajstić information content (AvgIpc) is 3.54. The highest BCUT2D eigenvalue weighted by Crippen LogP contribution is 2.38. The quantitative estimate of drug-likeness (QED) is 0.248. The van der Waals surface area contributed by atoms with Gasteiger partial charge in [-0.15, -0.1) is 11.3 Å². The van der Waals surface area contributed by atoms with Crippen molar-refractivity contribution < 1.29 is 0 Å². The van der Waals surface area contributed by atoms with Crippen LogP contribution in [0.5, 0.6) is 0 Å². The standard InChI is InChI=1S/C36H23NS/c1-2-6-23(7-3-1)24-10-12-25(13-11-24)26-14-17-33-30(20-26)31-21-27(15-18-34(31)37-33)28-16-19-36-32(22-28)29-8-4-5-9-35(29)38-36/h1-22,37H. The van der Waals surface area contributed by atoms with E-state index in [0.29, 0.717) is 0 Å². The van der Waals surface area contributed by atoms with E-state index in [1.165, 1.54) is 75.4 Å². The first-order valence-electron chi connectivity index (χ1n) is 12.9. The molecule has 6 aromatic carbocycles. The molecule has 2 heteroatoms. The molecule has 0 saturated carbocycles. The van der Waals surface area contributed by atoms with Gasteiger partial charge in [-0.05, 0) is 75.8 Å². The SMILES string of the molecule is c1ccc(-c2ccc(-c3ccc4[nH]c5ccc(-c6ccc7sc8ccccc8c7c6)cc5c4c3)cc2)cc1. The number of fused-ring (bicyclic) bond motifs is 6. The Hall–Kier alpha value is -4.66. The molecule has 38 heavy (non-hydrogen) atoms. The molecule has 0 aliphatic carbocycles. The van der Waals surface area contributed by atoms with Crippen molar-refractivity contribution in [2.45, 2.75) is 0 Å². The Balaban J connectivity index is 1.22. The maximum Gasteiger partial charge on any atom is 0.0465 e. The molecule has 8 rings (SSSR count). The van der Waals surface area contributed by atoms with Crippen LogP contribution in [0.25, 0.3) is 75.4 Å². The summed E-state index contributed by atoms with van der Waals surface area (Å²) in [7, 11) is 0. The molecule has 0 unspecified atom stereocenters. The summed E-state index contributed by atoms with van der Waals surface area (Å²) in [5.41, 5.74) is 9.78. The molecule has 1 nitrogen and oxygen atoms in total. The minimum atomic E-state index is 1.17. The summed E-state index contributed by atoms with van der Waals surface area (Å²) in [6.07, 6.45) is 0. The van der Waals surface area contributed by atoms with Crippen molar-refractivity contribution in [2.75, 3.05) is 0 Å². The van der Waals surface area contributed by atoms with Gasteiger partial charge in [0.15, 0.2) is 0 Å². The minimum Gasteiger partial charge on any atom is -0.355 e. The summed E-state index contributed by atoms with van der Waals surface area (Å²) in [4.78, 5) is 3.62. The average molecular weight is 502 g/mol. The first-order chi connectivity index (χ1) is 18.8. The monoisotopic (exact) mass is 501 g/mol. The van der Waals surface area contributed by atoms with Gasteiger partial charge in [0.1, 0.15) is 0 Å². The molecule has 0 fully saturated rings. The van der Waals surface area contributed by atoms with Gasteiger partial charge in [0.05, 0.1) is 0 Å². The van der Waals surface area contributed by atoms with E-state index in [-0.39, 0.29) is 0 Å². The number of hydrogen-bond donors (Lipinski definition) is 1. The van der Waals surface area contributed by atoms with E-state index in [0.717, 1.165) is 0 Å². The Bertz CT molecular complexity index is 2110.